The number of esters is 1. The Morgan fingerprint density at radius 2 is 2.21 bits per heavy atom. The SMILES string of the molecule is CCOC(=O)c1oc2cccc(C(O)CO)c2c1C. The number of fused-ring (bicyclic) bond motifs is 1. The molecule has 0 bridgehead atoms. The predicted molar refractivity (Wildman–Crippen MR) is 69.0 cm³/mol. The van der Waals surface area contributed by atoms with Gasteiger partial charge in [-0.1, -0.05) is 12.1 Å². The highest BCUT2D eigenvalue weighted by Gasteiger charge is 2.22. The highest BCUT2D eigenvalue weighted by Crippen LogP contribution is 2.31. The smallest absolute Gasteiger partial charge is 0.374 e. The summed E-state index contributed by atoms with van der Waals surface area (Å²) in [7, 11) is 0. The van der Waals surface area contributed by atoms with Gasteiger partial charge in [0, 0.05) is 10.9 Å². The molecule has 2 rings (SSSR count). The van der Waals surface area contributed by atoms with Crippen LogP contribution in [0.5, 0.6) is 0 Å². The third-order valence-corrected chi connectivity index (χ3v) is 2.98. The van der Waals surface area contributed by atoms with Gasteiger partial charge in [-0.05, 0) is 25.5 Å². The van der Waals surface area contributed by atoms with E-state index in [0.29, 0.717) is 22.1 Å². The van der Waals surface area contributed by atoms with Gasteiger partial charge in [-0.3, -0.25) is 0 Å². The van der Waals surface area contributed by atoms with E-state index in [1.165, 1.54) is 0 Å². The summed E-state index contributed by atoms with van der Waals surface area (Å²) in [6, 6.07) is 5.10. The van der Waals surface area contributed by atoms with Crippen molar-refractivity contribution < 1.29 is 24.2 Å². The Kier molecular flexibility index (Phi) is 3.87. The third kappa shape index (κ3) is 2.34. The second-order valence-electron chi connectivity index (χ2n) is 4.20. The van der Waals surface area contributed by atoms with Crippen LogP contribution in [0.15, 0.2) is 22.6 Å². The average Bonchev–Trinajstić information content (AvgIpc) is 2.76. The molecule has 1 aromatic carbocycles. The molecule has 1 atom stereocenters. The van der Waals surface area contributed by atoms with Gasteiger partial charge in [0.2, 0.25) is 5.76 Å². The first-order chi connectivity index (χ1) is 9.10. The maximum absolute atomic E-state index is 11.8. The van der Waals surface area contributed by atoms with Crippen LogP contribution < -0.4 is 0 Å². The van der Waals surface area contributed by atoms with Crippen molar-refractivity contribution in [3.8, 4) is 0 Å². The van der Waals surface area contributed by atoms with Crippen molar-refractivity contribution in [2.75, 3.05) is 13.2 Å². The van der Waals surface area contributed by atoms with Crippen molar-refractivity contribution in [3.05, 3.63) is 35.1 Å². The van der Waals surface area contributed by atoms with Gasteiger partial charge < -0.3 is 19.4 Å². The van der Waals surface area contributed by atoms with Crippen molar-refractivity contribution in [2.45, 2.75) is 20.0 Å². The second-order valence-corrected chi connectivity index (χ2v) is 4.20. The van der Waals surface area contributed by atoms with Gasteiger partial charge in [0.05, 0.1) is 13.2 Å². The molecule has 0 radical (unpaired) electrons. The number of rotatable bonds is 4. The monoisotopic (exact) mass is 264 g/mol. The van der Waals surface area contributed by atoms with Crippen molar-refractivity contribution in [1.29, 1.82) is 0 Å². The zero-order chi connectivity index (χ0) is 14.0. The maximum Gasteiger partial charge on any atom is 0.374 e. The Bertz CT molecular complexity index is 599. The first-order valence-corrected chi connectivity index (χ1v) is 6.08. The fraction of sp³-hybridized carbons (Fsp3) is 0.357. The number of aliphatic hydroxyl groups excluding tert-OH is 2. The quantitative estimate of drug-likeness (QED) is 0.825. The van der Waals surface area contributed by atoms with Crippen LogP contribution in [0.2, 0.25) is 0 Å². The lowest BCUT2D eigenvalue weighted by Gasteiger charge is -2.08. The Labute approximate surface area is 110 Å². The lowest BCUT2D eigenvalue weighted by Crippen LogP contribution is -2.05. The summed E-state index contributed by atoms with van der Waals surface area (Å²) < 4.78 is 10.4. The van der Waals surface area contributed by atoms with Crippen LogP contribution >= 0.6 is 0 Å². The molecule has 0 fully saturated rings. The summed E-state index contributed by atoms with van der Waals surface area (Å²) in [5.74, 6) is -0.393. The van der Waals surface area contributed by atoms with Gasteiger partial charge in [-0.15, -0.1) is 0 Å². The molecule has 5 nitrogen and oxygen atoms in total. The van der Waals surface area contributed by atoms with E-state index >= 15 is 0 Å². The number of carbonyl (C=O) groups is 1. The van der Waals surface area contributed by atoms with Crippen LogP contribution in [-0.2, 0) is 4.74 Å². The topological polar surface area (TPSA) is 79.9 Å². The molecule has 0 saturated heterocycles. The van der Waals surface area contributed by atoms with E-state index in [0.717, 1.165) is 0 Å². The number of hydrogen-bond donors (Lipinski definition) is 2. The van der Waals surface area contributed by atoms with Crippen LogP contribution in [0.1, 0.15) is 34.7 Å². The molecule has 0 amide bonds. The number of furan rings is 1. The van der Waals surface area contributed by atoms with Crippen LogP contribution in [-0.4, -0.2) is 29.4 Å². The normalized spacial score (nSPS) is 12.6. The molecule has 2 aromatic rings. The van der Waals surface area contributed by atoms with E-state index in [1.54, 1.807) is 32.0 Å². The molecule has 102 valence electrons. The van der Waals surface area contributed by atoms with Crippen LogP contribution in [0, 0.1) is 6.92 Å². The lowest BCUT2D eigenvalue weighted by atomic mass is 10.0. The van der Waals surface area contributed by atoms with Gasteiger partial charge in [0.15, 0.2) is 0 Å². The van der Waals surface area contributed by atoms with Gasteiger partial charge in [0.1, 0.15) is 11.7 Å². The summed E-state index contributed by atoms with van der Waals surface area (Å²) in [6.07, 6.45) is -1.00. The molecule has 1 aromatic heterocycles. The molecule has 0 spiro atoms. The molecule has 0 aliphatic heterocycles. The lowest BCUT2D eigenvalue weighted by molar-refractivity contribution is 0.0491. The molecule has 0 aliphatic rings. The van der Waals surface area contributed by atoms with E-state index in [1.807, 2.05) is 0 Å². The molecule has 1 heterocycles. The number of hydrogen-bond acceptors (Lipinski definition) is 5. The molecule has 19 heavy (non-hydrogen) atoms. The van der Waals surface area contributed by atoms with E-state index < -0.39 is 18.7 Å². The van der Waals surface area contributed by atoms with Gasteiger partial charge in [0.25, 0.3) is 0 Å². The number of carbonyl (C=O) groups excluding carboxylic acids is 1. The molecule has 1 unspecified atom stereocenters. The Morgan fingerprint density at radius 3 is 2.84 bits per heavy atom. The Morgan fingerprint density at radius 1 is 1.47 bits per heavy atom. The minimum absolute atomic E-state index is 0.134. The van der Waals surface area contributed by atoms with E-state index in [2.05, 4.69) is 0 Å². The molecule has 5 heteroatoms. The minimum Gasteiger partial charge on any atom is -0.460 e. The first kappa shape index (κ1) is 13.6. The van der Waals surface area contributed by atoms with Gasteiger partial charge in [-0.25, -0.2) is 4.79 Å². The van der Waals surface area contributed by atoms with Crippen molar-refractivity contribution >= 4 is 16.9 Å². The number of benzene rings is 1. The van der Waals surface area contributed by atoms with Crippen molar-refractivity contribution in [1.82, 2.24) is 0 Å². The number of aryl methyl sites for hydroxylation is 1. The van der Waals surface area contributed by atoms with E-state index in [-0.39, 0.29) is 12.4 Å². The molecule has 0 saturated carbocycles. The molecule has 2 N–H and O–H groups in total. The van der Waals surface area contributed by atoms with Crippen molar-refractivity contribution in [3.63, 3.8) is 0 Å². The average molecular weight is 264 g/mol. The second kappa shape index (κ2) is 5.42. The van der Waals surface area contributed by atoms with E-state index in [4.69, 9.17) is 14.3 Å². The Hall–Kier alpha value is -1.85. The summed E-state index contributed by atoms with van der Waals surface area (Å²) >= 11 is 0. The molecular weight excluding hydrogens is 248 g/mol. The third-order valence-electron chi connectivity index (χ3n) is 2.98. The largest absolute Gasteiger partial charge is 0.460 e. The van der Waals surface area contributed by atoms with Crippen LogP contribution in [0.25, 0.3) is 11.0 Å². The van der Waals surface area contributed by atoms with E-state index in [9.17, 15) is 9.90 Å². The van der Waals surface area contributed by atoms with Gasteiger partial charge >= 0.3 is 5.97 Å². The standard InChI is InChI=1S/C14H16O5/c1-3-18-14(17)13-8(2)12-9(10(16)7-15)5-4-6-11(12)19-13/h4-6,10,15-16H,3,7H2,1-2H3. The summed E-state index contributed by atoms with van der Waals surface area (Å²) in [4.78, 5) is 11.8. The first-order valence-electron chi connectivity index (χ1n) is 6.08. The zero-order valence-corrected chi connectivity index (χ0v) is 10.8. The zero-order valence-electron chi connectivity index (χ0n) is 10.8. The summed E-state index contributed by atoms with van der Waals surface area (Å²) in [5.41, 5.74) is 1.64. The number of ether oxygens (including phenoxy) is 1. The summed E-state index contributed by atoms with van der Waals surface area (Å²) in [5, 5.41) is 19.5. The number of aliphatic hydroxyl groups is 2. The van der Waals surface area contributed by atoms with Gasteiger partial charge in [-0.2, -0.15) is 0 Å². The molecule has 0 aliphatic carbocycles. The summed E-state index contributed by atoms with van der Waals surface area (Å²) in [6.45, 7) is 3.32. The molecular formula is C14H16O5. The maximum atomic E-state index is 11.8. The van der Waals surface area contributed by atoms with Crippen molar-refractivity contribution in [2.24, 2.45) is 0 Å². The Balaban J connectivity index is 2.60. The highest BCUT2D eigenvalue weighted by molar-refractivity contribution is 5.97. The fourth-order valence-corrected chi connectivity index (χ4v) is 2.10. The minimum atomic E-state index is -1.00. The van der Waals surface area contributed by atoms with Crippen LogP contribution in [0.3, 0.4) is 0 Å². The fourth-order valence-electron chi connectivity index (χ4n) is 2.10. The highest BCUT2D eigenvalue weighted by atomic mass is 16.5. The predicted octanol–water partition coefficient (Wildman–Crippen LogP) is 1.94. The van der Waals surface area contributed by atoms with Crippen LogP contribution in [0.4, 0.5) is 0 Å².